The standard InChI is InChI=1S/C26H28ClN3O2/c1-6-11-30-23-14-24(32-5)18(13-20(23)17(2)15-26(30,3)4)12-19(16-28)25(31)29-22-10-8-7-9-21(22)27/h7-10,12-15H,6,11H2,1-5H3,(H,29,31)/b19-12+. The molecule has 0 atom stereocenters. The molecule has 1 heterocycles. The van der Waals surface area contributed by atoms with Crippen LogP contribution in [-0.2, 0) is 4.79 Å². The number of nitrogens with zero attached hydrogens (tertiary/aromatic N) is 2. The number of hydrogen-bond donors (Lipinski definition) is 1. The molecule has 0 spiro atoms. The lowest BCUT2D eigenvalue weighted by atomic mass is 9.87. The number of halogens is 1. The molecule has 1 amide bonds. The molecule has 166 valence electrons. The summed E-state index contributed by atoms with van der Waals surface area (Å²) in [5.41, 5.74) is 4.26. The van der Waals surface area contributed by atoms with Crippen molar-refractivity contribution in [2.75, 3.05) is 23.9 Å². The first-order valence-electron chi connectivity index (χ1n) is 10.6. The predicted molar refractivity (Wildman–Crippen MR) is 132 cm³/mol. The molecule has 0 unspecified atom stereocenters. The van der Waals surface area contributed by atoms with E-state index >= 15 is 0 Å². The van der Waals surface area contributed by atoms with Crippen LogP contribution in [0.5, 0.6) is 5.75 Å². The van der Waals surface area contributed by atoms with Crippen LogP contribution in [0.15, 0.2) is 48.0 Å². The fourth-order valence-electron chi connectivity index (χ4n) is 4.10. The molecule has 1 aliphatic heterocycles. The number of ether oxygens (including phenoxy) is 1. The van der Waals surface area contributed by atoms with E-state index in [0.29, 0.717) is 22.0 Å². The summed E-state index contributed by atoms with van der Waals surface area (Å²) in [5, 5.41) is 12.8. The third-order valence-electron chi connectivity index (χ3n) is 5.56. The van der Waals surface area contributed by atoms with Gasteiger partial charge >= 0.3 is 0 Å². The summed E-state index contributed by atoms with van der Waals surface area (Å²) in [6.07, 6.45) is 4.82. The number of nitrogens with one attached hydrogen (secondary N) is 1. The molecule has 1 N–H and O–H groups in total. The molecule has 0 bridgehead atoms. The van der Waals surface area contributed by atoms with Crippen LogP contribution in [0.25, 0.3) is 11.6 Å². The van der Waals surface area contributed by atoms with Gasteiger partial charge in [-0.1, -0.05) is 36.7 Å². The smallest absolute Gasteiger partial charge is 0.266 e. The van der Waals surface area contributed by atoms with Gasteiger partial charge < -0.3 is 15.0 Å². The third-order valence-corrected chi connectivity index (χ3v) is 5.89. The zero-order chi connectivity index (χ0) is 23.5. The van der Waals surface area contributed by atoms with Gasteiger partial charge in [0.2, 0.25) is 0 Å². The summed E-state index contributed by atoms with van der Waals surface area (Å²) >= 11 is 6.13. The molecule has 32 heavy (non-hydrogen) atoms. The second-order valence-corrected chi connectivity index (χ2v) is 8.75. The molecule has 5 nitrogen and oxygen atoms in total. The highest BCUT2D eigenvalue weighted by atomic mass is 35.5. The number of nitriles is 1. The molecule has 0 saturated heterocycles. The molecule has 0 aliphatic carbocycles. The molecule has 3 rings (SSSR count). The first-order chi connectivity index (χ1) is 15.2. The molecule has 2 aromatic carbocycles. The number of carbonyl (C=O) groups is 1. The van der Waals surface area contributed by atoms with Crippen molar-refractivity contribution in [2.24, 2.45) is 0 Å². The normalized spacial score (nSPS) is 14.8. The van der Waals surface area contributed by atoms with Crippen LogP contribution >= 0.6 is 11.6 Å². The average molecular weight is 450 g/mol. The van der Waals surface area contributed by atoms with Gasteiger partial charge in [-0.05, 0) is 57.0 Å². The predicted octanol–water partition coefficient (Wildman–Crippen LogP) is 6.31. The molecule has 2 aromatic rings. The number of allylic oxidation sites excluding steroid dienone is 1. The quantitative estimate of drug-likeness (QED) is 0.414. The van der Waals surface area contributed by atoms with Crippen LogP contribution in [0.1, 0.15) is 45.2 Å². The number of methoxy groups -OCH3 is 1. The van der Waals surface area contributed by atoms with Gasteiger partial charge in [0.25, 0.3) is 5.91 Å². The average Bonchev–Trinajstić information content (AvgIpc) is 2.75. The Kier molecular flexibility index (Phi) is 6.96. The van der Waals surface area contributed by atoms with Crippen LogP contribution in [0.4, 0.5) is 11.4 Å². The van der Waals surface area contributed by atoms with Gasteiger partial charge in [0.1, 0.15) is 17.4 Å². The Morgan fingerprint density at radius 1 is 1.31 bits per heavy atom. The highest BCUT2D eigenvalue weighted by Crippen LogP contribution is 2.42. The second-order valence-electron chi connectivity index (χ2n) is 8.35. The van der Waals surface area contributed by atoms with E-state index in [1.165, 1.54) is 0 Å². The molecule has 6 heteroatoms. The van der Waals surface area contributed by atoms with E-state index in [-0.39, 0.29) is 11.1 Å². The molecule has 0 radical (unpaired) electrons. The largest absolute Gasteiger partial charge is 0.496 e. The fraction of sp³-hybridized carbons (Fsp3) is 0.308. The summed E-state index contributed by atoms with van der Waals surface area (Å²) in [6, 6.07) is 12.9. The number of para-hydroxylation sites is 1. The lowest BCUT2D eigenvalue weighted by molar-refractivity contribution is -0.112. The minimum Gasteiger partial charge on any atom is -0.496 e. The van der Waals surface area contributed by atoms with Gasteiger partial charge in [-0.15, -0.1) is 0 Å². The van der Waals surface area contributed by atoms with E-state index in [2.05, 4.69) is 44.0 Å². The fourth-order valence-corrected chi connectivity index (χ4v) is 4.28. The number of amides is 1. The summed E-state index contributed by atoms with van der Waals surface area (Å²) in [5.74, 6) is 0.0787. The summed E-state index contributed by atoms with van der Waals surface area (Å²) in [4.78, 5) is 15.1. The SMILES string of the molecule is CCCN1c2cc(OC)c(/C=C(\C#N)C(=O)Nc3ccccc3Cl)cc2C(C)=CC1(C)C. The second kappa shape index (κ2) is 9.50. The maximum Gasteiger partial charge on any atom is 0.266 e. The maximum atomic E-state index is 12.8. The summed E-state index contributed by atoms with van der Waals surface area (Å²) < 4.78 is 5.65. The van der Waals surface area contributed by atoms with Gasteiger partial charge in [0.15, 0.2) is 0 Å². The Balaban J connectivity index is 2.05. The van der Waals surface area contributed by atoms with Crippen molar-refractivity contribution >= 4 is 40.5 Å². The Labute approximate surface area is 194 Å². The number of rotatable bonds is 6. The van der Waals surface area contributed by atoms with Gasteiger partial charge in [-0.2, -0.15) is 5.26 Å². The van der Waals surface area contributed by atoms with Crippen LogP contribution in [-0.4, -0.2) is 25.1 Å². The first-order valence-corrected chi connectivity index (χ1v) is 11.0. The van der Waals surface area contributed by atoms with Crippen molar-refractivity contribution < 1.29 is 9.53 Å². The van der Waals surface area contributed by atoms with Gasteiger partial charge in [-0.25, -0.2) is 0 Å². The van der Waals surface area contributed by atoms with E-state index in [1.807, 2.05) is 18.2 Å². The van der Waals surface area contributed by atoms with E-state index in [0.717, 1.165) is 29.8 Å². The zero-order valence-corrected chi connectivity index (χ0v) is 19.9. The molecular formula is C26H28ClN3O2. The summed E-state index contributed by atoms with van der Waals surface area (Å²) in [7, 11) is 1.59. The maximum absolute atomic E-state index is 12.8. The molecule has 1 aliphatic rings. The van der Waals surface area contributed by atoms with Crippen molar-refractivity contribution in [3.05, 3.63) is 64.2 Å². The molecule has 0 fully saturated rings. The van der Waals surface area contributed by atoms with Crippen LogP contribution in [0, 0.1) is 11.3 Å². The van der Waals surface area contributed by atoms with Crippen molar-refractivity contribution in [2.45, 2.75) is 39.7 Å². The Hall–Kier alpha value is -3.23. The lowest BCUT2D eigenvalue weighted by Crippen LogP contribution is -2.45. The minimum atomic E-state index is -0.526. The van der Waals surface area contributed by atoms with Crippen LogP contribution in [0.3, 0.4) is 0 Å². The summed E-state index contributed by atoms with van der Waals surface area (Å²) in [6.45, 7) is 9.54. The highest BCUT2D eigenvalue weighted by Gasteiger charge is 2.31. The number of anilines is 2. The molecule has 0 aromatic heterocycles. The number of carbonyl (C=O) groups excluding carboxylic acids is 1. The number of benzene rings is 2. The van der Waals surface area contributed by atoms with Crippen LogP contribution < -0.4 is 15.0 Å². The van der Waals surface area contributed by atoms with Crippen molar-refractivity contribution in [3.63, 3.8) is 0 Å². The Morgan fingerprint density at radius 2 is 2.03 bits per heavy atom. The first kappa shape index (κ1) is 23.4. The van der Waals surface area contributed by atoms with E-state index in [4.69, 9.17) is 16.3 Å². The van der Waals surface area contributed by atoms with Crippen LogP contribution in [0.2, 0.25) is 5.02 Å². The topological polar surface area (TPSA) is 65.4 Å². The third kappa shape index (κ3) is 4.66. The van der Waals surface area contributed by atoms with Crippen molar-refractivity contribution in [3.8, 4) is 11.8 Å². The molecule has 0 saturated carbocycles. The Bertz CT molecular complexity index is 1140. The number of hydrogen-bond acceptors (Lipinski definition) is 4. The monoisotopic (exact) mass is 449 g/mol. The zero-order valence-electron chi connectivity index (χ0n) is 19.1. The van der Waals surface area contributed by atoms with E-state index in [1.54, 1.807) is 37.5 Å². The van der Waals surface area contributed by atoms with Gasteiger partial charge in [0.05, 0.1) is 23.4 Å². The van der Waals surface area contributed by atoms with E-state index in [9.17, 15) is 10.1 Å². The number of fused-ring (bicyclic) bond motifs is 1. The minimum absolute atomic E-state index is 0.0358. The van der Waals surface area contributed by atoms with Crippen molar-refractivity contribution in [1.82, 2.24) is 0 Å². The van der Waals surface area contributed by atoms with E-state index < -0.39 is 5.91 Å². The van der Waals surface area contributed by atoms with Gasteiger partial charge in [0, 0.05) is 29.4 Å². The Morgan fingerprint density at radius 3 is 2.66 bits per heavy atom. The lowest BCUT2D eigenvalue weighted by Gasteiger charge is -2.43. The molecular weight excluding hydrogens is 422 g/mol. The van der Waals surface area contributed by atoms with Crippen molar-refractivity contribution in [1.29, 1.82) is 5.26 Å². The van der Waals surface area contributed by atoms with Gasteiger partial charge in [-0.3, -0.25) is 4.79 Å². The highest BCUT2D eigenvalue weighted by molar-refractivity contribution is 6.34.